The van der Waals surface area contributed by atoms with Gasteiger partial charge in [0.1, 0.15) is 12.2 Å². The summed E-state index contributed by atoms with van der Waals surface area (Å²) in [6.45, 7) is 6.07. The molecular weight excluding hydrogens is 272 g/mol. The predicted molar refractivity (Wildman–Crippen MR) is 81.9 cm³/mol. The van der Waals surface area contributed by atoms with Gasteiger partial charge in [0.25, 0.3) is 0 Å². The van der Waals surface area contributed by atoms with E-state index in [-0.39, 0.29) is 6.04 Å². The average molecular weight is 293 g/mol. The molecule has 0 bridgehead atoms. The Morgan fingerprint density at radius 3 is 2.65 bits per heavy atom. The van der Waals surface area contributed by atoms with Crippen LogP contribution in [0.4, 0.5) is 0 Å². The molecule has 1 heterocycles. The summed E-state index contributed by atoms with van der Waals surface area (Å²) in [5.41, 5.74) is 1.23. The lowest BCUT2D eigenvalue weighted by Gasteiger charge is -2.19. The van der Waals surface area contributed by atoms with E-state index in [1.54, 1.807) is 6.33 Å². The molecule has 1 aromatic carbocycles. The van der Waals surface area contributed by atoms with Crippen LogP contribution < -0.4 is 5.32 Å². The Kier molecular flexibility index (Phi) is 5.56. The first-order valence-corrected chi connectivity index (χ1v) is 7.48. The van der Waals surface area contributed by atoms with Crippen molar-refractivity contribution in [2.75, 3.05) is 6.54 Å². The highest BCUT2D eigenvalue weighted by Gasteiger charge is 2.15. The van der Waals surface area contributed by atoms with Crippen molar-refractivity contribution in [3.63, 3.8) is 0 Å². The third-order valence-corrected chi connectivity index (χ3v) is 3.55. The molecule has 20 heavy (non-hydrogen) atoms. The van der Waals surface area contributed by atoms with Crippen LogP contribution in [0.5, 0.6) is 0 Å². The molecule has 0 aliphatic heterocycles. The van der Waals surface area contributed by atoms with Crippen LogP contribution >= 0.6 is 11.6 Å². The first kappa shape index (κ1) is 15.0. The van der Waals surface area contributed by atoms with Gasteiger partial charge in [-0.1, -0.05) is 30.7 Å². The maximum atomic E-state index is 5.96. The number of aryl methyl sites for hydroxylation is 1. The van der Waals surface area contributed by atoms with Gasteiger partial charge < -0.3 is 5.32 Å². The Balaban J connectivity index is 2.17. The van der Waals surface area contributed by atoms with Crippen LogP contribution in [0.2, 0.25) is 5.02 Å². The highest BCUT2D eigenvalue weighted by Crippen LogP contribution is 2.20. The van der Waals surface area contributed by atoms with Crippen LogP contribution in [0.15, 0.2) is 30.6 Å². The molecule has 0 aliphatic carbocycles. The summed E-state index contributed by atoms with van der Waals surface area (Å²) in [7, 11) is 0. The van der Waals surface area contributed by atoms with Gasteiger partial charge in [-0.25, -0.2) is 4.98 Å². The number of benzene rings is 1. The van der Waals surface area contributed by atoms with Crippen molar-refractivity contribution >= 4 is 11.6 Å². The molecule has 0 saturated carbocycles. The summed E-state index contributed by atoms with van der Waals surface area (Å²) in [5, 5.41) is 8.57. The molecule has 1 N–H and O–H groups in total. The SMILES string of the molecule is CCCNC(Cc1ncnn1CC)c1ccc(Cl)cc1. The normalized spacial score (nSPS) is 12.6. The molecule has 0 spiro atoms. The van der Waals surface area contributed by atoms with Crippen molar-refractivity contribution in [3.8, 4) is 0 Å². The average Bonchev–Trinajstić information content (AvgIpc) is 2.91. The zero-order valence-corrected chi connectivity index (χ0v) is 12.8. The Labute approximate surface area is 125 Å². The van der Waals surface area contributed by atoms with Crippen molar-refractivity contribution in [1.82, 2.24) is 20.1 Å². The van der Waals surface area contributed by atoms with Crippen molar-refractivity contribution in [3.05, 3.63) is 47.0 Å². The second kappa shape index (κ2) is 7.41. The van der Waals surface area contributed by atoms with Crippen molar-refractivity contribution in [1.29, 1.82) is 0 Å². The fraction of sp³-hybridized carbons (Fsp3) is 0.467. The van der Waals surface area contributed by atoms with E-state index < -0.39 is 0 Å². The maximum Gasteiger partial charge on any atom is 0.138 e. The summed E-state index contributed by atoms with van der Waals surface area (Å²) in [5.74, 6) is 1.01. The van der Waals surface area contributed by atoms with Gasteiger partial charge in [-0.3, -0.25) is 4.68 Å². The smallest absolute Gasteiger partial charge is 0.138 e. The summed E-state index contributed by atoms with van der Waals surface area (Å²) >= 11 is 5.96. The predicted octanol–water partition coefficient (Wildman–Crippen LogP) is 3.23. The number of nitrogens with one attached hydrogen (secondary N) is 1. The lowest BCUT2D eigenvalue weighted by Crippen LogP contribution is -2.25. The summed E-state index contributed by atoms with van der Waals surface area (Å²) in [6, 6.07) is 8.25. The van der Waals surface area contributed by atoms with Gasteiger partial charge in [-0.05, 0) is 37.6 Å². The Morgan fingerprint density at radius 2 is 2.00 bits per heavy atom. The molecule has 0 amide bonds. The molecule has 0 saturated heterocycles. The molecule has 1 unspecified atom stereocenters. The zero-order chi connectivity index (χ0) is 14.4. The molecule has 1 atom stereocenters. The molecule has 0 fully saturated rings. The lowest BCUT2D eigenvalue weighted by atomic mass is 10.0. The number of nitrogens with zero attached hydrogens (tertiary/aromatic N) is 3. The van der Waals surface area contributed by atoms with Crippen LogP contribution in [-0.4, -0.2) is 21.3 Å². The topological polar surface area (TPSA) is 42.7 Å². The van der Waals surface area contributed by atoms with Gasteiger partial charge >= 0.3 is 0 Å². The number of hydrogen-bond donors (Lipinski definition) is 1. The van der Waals surface area contributed by atoms with E-state index in [1.165, 1.54) is 5.56 Å². The van der Waals surface area contributed by atoms with E-state index >= 15 is 0 Å². The minimum Gasteiger partial charge on any atom is -0.310 e. The lowest BCUT2D eigenvalue weighted by molar-refractivity contribution is 0.497. The van der Waals surface area contributed by atoms with Crippen LogP contribution in [0.3, 0.4) is 0 Å². The molecule has 0 radical (unpaired) electrons. The van der Waals surface area contributed by atoms with Gasteiger partial charge in [0.05, 0.1) is 0 Å². The minimum absolute atomic E-state index is 0.238. The summed E-state index contributed by atoms with van der Waals surface area (Å²) in [4.78, 5) is 4.36. The minimum atomic E-state index is 0.238. The largest absolute Gasteiger partial charge is 0.310 e. The molecule has 5 heteroatoms. The highest BCUT2D eigenvalue weighted by molar-refractivity contribution is 6.30. The van der Waals surface area contributed by atoms with Crippen molar-refractivity contribution < 1.29 is 0 Å². The van der Waals surface area contributed by atoms with E-state index in [0.717, 1.165) is 36.8 Å². The van der Waals surface area contributed by atoms with Crippen LogP contribution in [0.25, 0.3) is 0 Å². The van der Waals surface area contributed by atoms with Crippen molar-refractivity contribution in [2.24, 2.45) is 0 Å². The van der Waals surface area contributed by atoms with E-state index in [0.29, 0.717) is 0 Å². The summed E-state index contributed by atoms with van der Waals surface area (Å²) in [6.07, 6.45) is 3.55. The van der Waals surface area contributed by atoms with Gasteiger partial charge in [0, 0.05) is 24.0 Å². The summed E-state index contributed by atoms with van der Waals surface area (Å²) < 4.78 is 1.94. The fourth-order valence-electron chi connectivity index (χ4n) is 2.21. The molecule has 0 aliphatic rings. The Morgan fingerprint density at radius 1 is 1.25 bits per heavy atom. The van der Waals surface area contributed by atoms with Crippen LogP contribution in [-0.2, 0) is 13.0 Å². The first-order chi connectivity index (χ1) is 9.74. The van der Waals surface area contributed by atoms with E-state index in [2.05, 4.69) is 41.4 Å². The number of rotatable bonds is 7. The number of aromatic nitrogens is 3. The molecule has 108 valence electrons. The van der Waals surface area contributed by atoms with Crippen molar-refractivity contribution in [2.45, 2.75) is 39.3 Å². The van der Waals surface area contributed by atoms with E-state index in [4.69, 9.17) is 11.6 Å². The van der Waals surface area contributed by atoms with Gasteiger partial charge in [-0.15, -0.1) is 0 Å². The highest BCUT2D eigenvalue weighted by atomic mass is 35.5. The second-order valence-corrected chi connectivity index (χ2v) is 5.19. The van der Waals surface area contributed by atoms with E-state index in [1.807, 2.05) is 16.8 Å². The molecule has 4 nitrogen and oxygen atoms in total. The Hall–Kier alpha value is -1.39. The third kappa shape index (κ3) is 3.81. The standard InChI is InChI=1S/C15H21ClN4/c1-3-9-17-14(12-5-7-13(16)8-6-12)10-15-18-11-19-20(15)4-2/h5-8,11,14,17H,3-4,9-10H2,1-2H3. The van der Waals surface area contributed by atoms with Gasteiger partial charge in [0.2, 0.25) is 0 Å². The number of hydrogen-bond acceptors (Lipinski definition) is 3. The monoisotopic (exact) mass is 292 g/mol. The van der Waals surface area contributed by atoms with Gasteiger partial charge in [-0.2, -0.15) is 5.10 Å². The van der Waals surface area contributed by atoms with Gasteiger partial charge in [0.15, 0.2) is 0 Å². The molecule has 1 aromatic heterocycles. The Bertz CT molecular complexity index is 521. The molecular formula is C15H21ClN4. The quantitative estimate of drug-likeness (QED) is 0.852. The first-order valence-electron chi connectivity index (χ1n) is 7.10. The number of halogens is 1. The third-order valence-electron chi connectivity index (χ3n) is 3.30. The second-order valence-electron chi connectivity index (χ2n) is 4.75. The van der Waals surface area contributed by atoms with E-state index in [9.17, 15) is 0 Å². The zero-order valence-electron chi connectivity index (χ0n) is 12.0. The molecule has 2 rings (SSSR count). The van der Waals surface area contributed by atoms with Crippen LogP contribution in [0, 0.1) is 0 Å². The fourth-order valence-corrected chi connectivity index (χ4v) is 2.34. The maximum absolute atomic E-state index is 5.96. The molecule has 2 aromatic rings. The van der Waals surface area contributed by atoms with Crippen LogP contribution in [0.1, 0.15) is 37.7 Å².